The maximum Gasteiger partial charge on any atom is 0.0593 e. The van der Waals surface area contributed by atoms with Crippen LogP contribution in [0.5, 0.6) is 0 Å². The summed E-state index contributed by atoms with van der Waals surface area (Å²) in [5.41, 5.74) is 4.20. The molecule has 1 aromatic heterocycles. The summed E-state index contributed by atoms with van der Waals surface area (Å²) in [6.45, 7) is 3.03. The summed E-state index contributed by atoms with van der Waals surface area (Å²) in [5, 5.41) is 2.18. The van der Waals surface area contributed by atoms with Gasteiger partial charge in [-0.05, 0) is 49.6 Å². The van der Waals surface area contributed by atoms with Crippen molar-refractivity contribution < 1.29 is 4.74 Å². The number of nitrogens with two attached hydrogens (primary N) is 1. The SMILES string of the molecule is Cc1cc(C(CC2CCCCO2)NN)cs1. The van der Waals surface area contributed by atoms with Crippen molar-refractivity contribution in [2.45, 2.75) is 44.8 Å². The molecular weight excluding hydrogens is 220 g/mol. The van der Waals surface area contributed by atoms with Crippen molar-refractivity contribution in [1.29, 1.82) is 0 Å². The Balaban J connectivity index is 1.94. The number of ether oxygens (including phenoxy) is 1. The summed E-state index contributed by atoms with van der Waals surface area (Å²) in [6.07, 6.45) is 5.00. The molecule has 0 saturated carbocycles. The van der Waals surface area contributed by atoms with Gasteiger partial charge in [-0.25, -0.2) is 0 Å². The Morgan fingerprint density at radius 2 is 2.50 bits per heavy atom. The van der Waals surface area contributed by atoms with E-state index in [1.807, 2.05) is 0 Å². The maximum absolute atomic E-state index is 5.75. The molecule has 1 fully saturated rings. The Hall–Kier alpha value is -0.420. The van der Waals surface area contributed by atoms with Gasteiger partial charge in [-0.3, -0.25) is 11.3 Å². The number of nitrogens with one attached hydrogen (secondary N) is 1. The molecule has 2 atom stereocenters. The molecule has 1 aliphatic heterocycles. The molecule has 1 aliphatic rings. The lowest BCUT2D eigenvalue weighted by atomic mass is 9.98. The van der Waals surface area contributed by atoms with Crippen LogP contribution in [0.1, 0.15) is 42.2 Å². The first kappa shape index (κ1) is 12.0. The lowest BCUT2D eigenvalue weighted by Crippen LogP contribution is -2.32. The van der Waals surface area contributed by atoms with E-state index < -0.39 is 0 Å². The van der Waals surface area contributed by atoms with Gasteiger partial charge in [0.15, 0.2) is 0 Å². The van der Waals surface area contributed by atoms with Crippen LogP contribution in [0.25, 0.3) is 0 Å². The molecule has 2 rings (SSSR count). The zero-order chi connectivity index (χ0) is 11.4. The van der Waals surface area contributed by atoms with Gasteiger partial charge in [0.2, 0.25) is 0 Å². The van der Waals surface area contributed by atoms with Crippen LogP contribution in [0.4, 0.5) is 0 Å². The van der Waals surface area contributed by atoms with Crippen molar-refractivity contribution in [3.8, 4) is 0 Å². The first-order valence-electron chi connectivity index (χ1n) is 5.92. The fraction of sp³-hybridized carbons (Fsp3) is 0.667. The Morgan fingerprint density at radius 3 is 3.06 bits per heavy atom. The molecule has 2 unspecified atom stereocenters. The van der Waals surface area contributed by atoms with Crippen molar-refractivity contribution in [1.82, 2.24) is 5.43 Å². The van der Waals surface area contributed by atoms with Gasteiger partial charge in [0, 0.05) is 17.5 Å². The highest BCUT2D eigenvalue weighted by Crippen LogP contribution is 2.27. The molecule has 0 aromatic carbocycles. The van der Waals surface area contributed by atoms with Crippen LogP contribution < -0.4 is 11.3 Å². The van der Waals surface area contributed by atoms with E-state index in [-0.39, 0.29) is 6.04 Å². The van der Waals surface area contributed by atoms with Crippen molar-refractivity contribution in [3.05, 3.63) is 21.9 Å². The fourth-order valence-corrected chi connectivity index (χ4v) is 2.96. The van der Waals surface area contributed by atoms with E-state index in [9.17, 15) is 0 Å². The van der Waals surface area contributed by atoms with Crippen LogP contribution in [0.3, 0.4) is 0 Å². The van der Waals surface area contributed by atoms with Crippen molar-refractivity contribution >= 4 is 11.3 Å². The Kier molecular flexibility index (Phi) is 4.35. The lowest BCUT2D eigenvalue weighted by molar-refractivity contribution is 0.00504. The third kappa shape index (κ3) is 3.04. The number of rotatable bonds is 4. The number of thiophene rings is 1. The summed E-state index contributed by atoms with van der Waals surface area (Å²) in [7, 11) is 0. The van der Waals surface area contributed by atoms with Gasteiger partial charge in [-0.1, -0.05) is 0 Å². The summed E-state index contributed by atoms with van der Waals surface area (Å²) in [5.74, 6) is 5.63. The van der Waals surface area contributed by atoms with E-state index >= 15 is 0 Å². The average molecular weight is 240 g/mol. The Morgan fingerprint density at radius 1 is 1.62 bits per heavy atom. The van der Waals surface area contributed by atoms with Crippen molar-refractivity contribution in [2.24, 2.45) is 5.84 Å². The van der Waals surface area contributed by atoms with Gasteiger partial charge in [-0.2, -0.15) is 0 Å². The molecule has 90 valence electrons. The zero-order valence-corrected chi connectivity index (χ0v) is 10.6. The van der Waals surface area contributed by atoms with Gasteiger partial charge in [-0.15, -0.1) is 11.3 Å². The van der Waals surface area contributed by atoms with Gasteiger partial charge < -0.3 is 4.74 Å². The standard InChI is InChI=1S/C12H20N2OS/c1-9-6-10(8-16-9)12(14-13)7-11-4-2-3-5-15-11/h6,8,11-12,14H,2-5,7,13H2,1H3. The Labute approximate surface area is 101 Å². The van der Waals surface area contributed by atoms with Crippen LogP contribution in [0, 0.1) is 6.92 Å². The van der Waals surface area contributed by atoms with Gasteiger partial charge in [0.05, 0.1) is 6.10 Å². The molecule has 3 nitrogen and oxygen atoms in total. The summed E-state index contributed by atoms with van der Waals surface area (Å²) >= 11 is 1.77. The van der Waals surface area contributed by atoms with E-state index in [0.29, 0.717) is 6.10 Å². The maximum atomic E-state index is 5.75. The van der Waals surface area contributed by atoms with Gasteiger partial charge in [0.25, 0.3) is 0 Å². The van der Waals surface area contributed by atoms with E-state index in [4.69, 9.17) is 10.6 Å². The largest absolute Gasteiger partial charge is 0.378 e. The summed E-state index contributed by atoms with van der Waals surface area (Å²) in [6, 6.07) is 2.44. The van der Waals surface area contributed by atoms with Crippen molar-refractivity contribution in [3.63, 3.8) is 0 Å². The minimum absolute atomic E-state index is 0.230. The number of aryl methyl sites for hydroxylation is 1. The molecule has 16 heavy (non-hydrogen) atoms. The molecule has 0 aliphatic carbocycles. The predicted octanol–water partition coefficient (Wildman–Crippen LogP) is 2.52. The molecule has 1 saturated heterocycles. The van der Waals surface area contributed by atoms with E-state index in [1.54, 1.807) is 11.3 Å². The second kappa shape index (κ2) is 5.77. The molecule has 2 heterocycles. The third-order valence-electron chi connectivity index (χ3n) is 3.13. The van der Waals surface area contributed by atoms with Gasteiger partial charge in [0.1, 0.15) is 0 Å². The third-order valence-corrected chi connectivity index (χ3v) is 4.01. The lowest BCUT2D eigenvalue weighted by Gasteiger charge is -2.26. The fourth-order valence-electron chi connectivity index (χ4n) is 2.20. The van der Waals surface area contributed by atoms with Crippen LogP contribution in [-0.4, -0.2) is 12.7 Å². The van der Waals surface area contributed by atoms with E-state index in [2.05, 4.69) is 23.8 Å². The summed E-state index contributed by atoms with van der Waals surface area (Å²) in [4.78, 5) is 1.33. The zero-order valence-electron chi connectivity index (χ0n) is 9.74. The first-order valence-corrected chi connectivity index (χ1v) is 6.80. The van der Waals surface area contributed by atoms with E-state index in [0.717, 1.165) is 13.0 Å². The molecule has 0 spiro atoms. The second-order valence-electron chi connectivity index (χ2n) is 4.43. The number of hydrazine groups is 1. The highest BCUT2D eigenvalue weighted by atomic mass is 32.1. The van der Waals surface area contributed by atoms with Gasteiger partial charge >= 0.3 is 0 Å². The Bertz CT molecular complexity index is 321. The molecule has 0 bridgehead atoms. The monoisotopic (exact) mass is 240 g/mol. The van der Waals surface area contributed by atoms with Crippen LogP contribution in [-0.2, 0) is 4.74 Å². The van der Waals surface area contributed by atoms with Crippen LogP contribution in [0.2, 0.25) is 0 Å². The minimum Gasteiger partial charge on any atom is -0.378 e. The second-order valence-corrected chi connectivity index (χ2v) is 5.55. The average Bonchev–Trinajstić information content (AvgIpc) is 2.74. The normalized spacial score (nSPS) is 23.2. The smallest absolute Gasteiger partial charge is 0.0593 e. The number of hydrogen-bond acceptors (Lipinski definition) is 4. The molecule has 0 amide bonds. The summed E-state index contributed by atoms with van der Waals surface area (Å²) < 4.78 is 5.75. The van der Waals surface area contributed by atoms with E-state index in [1.165, 1.54) is 29.7 Å². The molecule has 4 heteroatoms. The van der Waals surface area contributed by atoms with Crippen LogP contribution >= 0.6 is 11.3 Å². The van der Waals surface area contributed by atoms with Crippen molar-refractivity contribution in [2.75, 3.05) is 6.61 Å². The van der Waals surface area contributed by atoms with Crippen LogP contribution in [0.15, 0.2) is 11.4 Å². The molecule has 1 aromatic rings. The highest BCUT2D eigenvalue weighted by Gasteiger charge is 2.20. The minimum atomic E-state index is 0.230. The molecular formula is C12H20N2OS. The number of hydrogen-bond donors (Lipinski definition) is 2. The molecule has 3 N–H and O–H groups in total. The topological polar surface area (TPSA) is 47.3 Å². The first-order chi connectivity index (χ1) is 7.79. The molecule has 0 radical (unpaired) electrons. The predicted molar refractivity (Wildman–Crippen MR) is 67.3 cm³/mol. The quantitative estimate of drug-likeness (QED) is 0.628. The highest BCUT2D eigenvalue weighted by molar-refractivity contribution is 7.10.